The van der Waals surface area contributed by atoms with Gasteiger partial charge in [0.05, 0.1) is 16.7 Å². The third-order valence-corrected chi connectivity index (χ3v) is 3.53. The number of para-hydroxylation sites is 1. The zero-order valence-electron chi connectivity index (χ0n) is 10.9. The first-order chi connectivity index (χ1) is 8.52. The van der Waals surface area contributed by atoms with Crippen molar-refractivity contribution in [1.29, 1.82) is 0 Å². The molecule has 1 aromatic carbocycles. The first-order valence-corrected chi connectivity index (χ1v) is 6.68. The highest BCUT2D eigenvalue weighted by atomic mass is 35.5. The number of hydrogen-bond donors (Lipinski definition) is 1. The SMILES string of the molecule is CC1(C)CCC(COc2c(Cl)cccc2CN)O1. The normalized spacial score (nSPS) is 22.1. The van der Waals surface area contributed by atoms with Gasteiger partial charge in [0.15, 0.2) is 0 Å². The van der Waals surface area contributed by atoms with E-state index in [1.807, 2.05) is 18.2 Å². The molecular weight excluding hydrogens is 250 g/mol. The van der Waals surface area contributed by atoms with Crippen molar-refractivity contribution in [2.24, 2.45) is 5.73 Å². The van der Waals surface area contributed by atoms with Crippen molar-refractivity contribution >= 4 is 11.6 Å². The van der Waals surface area contributed by atoms with Gasteiger partial charge in [-0.2, -0.15) is 0 Å². The van der Waals surface area contributed by atoms with E-state index in [2.05, 4.69) is 13.8 Å². The van der Waals surface area contributed by atoms with Gasteiger partial charge in [-0.15, -0.1) is 0 Å². The van der Waals surface area contributed by atoms with Gasteiger partial charge in [0.25, 0.3) is 0 Å². The van der Waals surface area contributed by atoms with Crippen LogP contribution in [0, 0.1) is 0 Å². The number of ether oxygens (including phenoxy) is 2. The Morgan fingerprint density at radius 1 is 1.50 bits per heavy atom. The van der Waals surface area contributed by atoms with Crippen molar-refractivity contribution in [3.05, 3.63) is 28.8 Å². The standard InChI is InChI=1S/C14H20ClNO2/c1-14(2)7-6-11(18-14)9-17-13-10(8-16)4-3-5-12(13)15/h3-5,11H,6-9,16H2,1-2H3. The lowest BCUT2D eigenvalue weighted by atomic mass is 10.1. The Kier molecular flexibility index (Phi) is 4.15. The zero-order valence-corrected chi connectivity index (χ0v) is 11.7. The van der Waals surface area contributed by atoms with Crippen LogP contribution in [0.3, 0.4) is 0 Å². The van der Waals surface area contributed by atoms with Crippen LogP contribution in [-0.4, -0.2) is 18.3 Å². The van der Waals surface area contributed by atoms with E-state index < -0.39 is 0 Å². The third kappa shape index (κ3) is 3.16. The van der Waals surface area contributed by atoms with Crippen molar-refractivity contribution in [3.8, 4) is 5.75 Å². The molecule has 0 saturated carbocycles. The summed E-state index contributed by atoms with van der Waals surface area (Å²) in [6, 6.07) is 5.63. The van der Waals surface area contributed by atoms with E-state index in [4.69, 9.17) is 26.8 Å². The molecule has 1 fully saturated rings. The smallest absolute Gasteiger partial charge is 0.142 e. The maximum atomic E-state index is 6.13. The molecule has 1 atom stereocenters. The maximum Gasteiger partial charge on any atom is 0.142 e. The molecule has 0 radical (unpaired) electrons. The molecule has 1 aliphatic rings. The predicted molar refractivity (Wildman–Crippen MR) is 73.0 cm³/mol. The van der Waals surface area contributed by atoms with E-state index in [1.54, 1.807) is 0 Å². The molecule has 2 N–H and O–H groups in total. The van der Waals surface area contributed by atoms with Crippen LogP contribution < -0.4 is 10.5 Å². The van der Waals surface area contributed by atoms with Gasteiger partial charge in [-0.05, 0) is 32.8 Å². The van der Waals surface area contributed by atoms with E-state index in [9.17, 15) is 0 Å². The van der Waals surface area contributed by atoms with Crippen LogP contribution in [0.15, 0.2) is 18.2 Å². The number of benzene rings is 1. The van der Waals surface area contributed by atoms with Crippen LogP contribution in [-0.2, 0) is 11.3 Å². The average Bonchev–Trinajstić information content (AvgIpc) is 2.67. The fourth-order valence-corrected chi connectivity index (χ4v) is 2.50. The van der Waals surface area contributed by atoms with Crippen LogP contribution >= 0.6 is 11.6 Å². The molecule has 1 saturated heterocycles. The second kappa shape index (κ2) is 5.47. The number of nitrogens with two attached hydrogens (primary N) is 1. The van der Waals surface area contributed by atoms with Gasteiger partial charge in [-0.1, -0.05) is 23.7 Å². The molecule has 4 heteroatoms. The van der Waals surface area contributed by atoms with Gasteiger partial charge >= 0.3 is 0 Å². The van der Waals surface area contributed by atoms with Gasteiger partial charge in [-0.25, -0.2) is 0 Å². The Labute approximate surface area is 113 Å². The molecule has 100 valence electrons. The van der Waals surface area contributed by atoms with Crippen molar-refractivity contribution in [2.45, 2.75) is 44.9 Å². The van der Waals surface area contributed by atoms with Crippen molar-refractivity contribution < 1.29 is 9.47 Å². The Bertz CT molecular complexity index is 420. The summed E-state index contributed by atoms with van der Waals surface area (Å²) in [6.07, 6.45) is 2.23. The van der Waals surface area contributed by atoms with Crippen LogP contribution in [0.4, 0.5) is 0 Å². The van der Waals surface area contributed by atoms with E-state index in [1.165, 1.54) is 0 Å². The van der Waals surface area contributed by atoms with Crippen LogP contribution in [0.5, 0.6) is 5.75 Å². The quantitative estimate of drug-likeness (QED) is 0.913. The van der Waals surface area contributed by atoms with Crippen molar-refractivity contribution in [2.75, 3.05) is 6.61 Å². The number of halogens is 1. The summed E-state index contributed by atoms with van der Waals surface area (Å²) in [5, 5.41) is 0.607. The molecule has 0 aromatic heterocycles. The van der Waals surface area contributed by atoms with Crippen LogP contribution in [0.2, 0.25) is 5.02 Å². The molecule has 1 unspecified atom stereocenters. The van der Waals surface area contributed by atoms with Crippen LogP contribution in [0.1, 0.15) is 32.3 Å². The first kappa shape index (κ1) is 13.7. The minimum absolute atomic E-state index is 0.0365. The molecule has 1 aliphatic heterocycles. The van der Waals surface area contributed by atoms with Crippen molar-refractivity contribution in [3.63, 3.8) is 0 Å². The second-order valence-electron chi connectivity index (χ2n) is 5.28. The van der Waals surface area contributed by atoms with Gasteiger partial charge in [0.2, 0.25) is 0 Å². The molecule has 0 bridgehead atoms. The summed E-state index contributed by atoms with van der Waals surface area (Å²) >= 11 is 6.13. The van der Waals surface area contributed by atoms with E-state index in [0.29, 0.717) is 23.9 Å². The Hall–Kier alpha value is -0.770. The van der Waals surface area contributed by atoms with Gasteiger partial charge in [-0.3, -0.25) is 0 Å². The Morgan fingerprint density at radius 3 is 2.89 bits per heavy atom. The average molecular weight is 270 g/mol. The molecule has 18 heavy (non-hydrogen) atoms. The van der Waals surface area contributed by atoms with E-state index in [-0.39, 0.29) is 11.7 Å². The Balaban J connectivity index is 1.98. The summed E-state index contributed by atoms with van der Waals surface area (Å²) < 4.78 is 11.7. The second-order valence-corrected chi connectivity index (χ2v) is 5.69. The van der Waals surface area contributed by atoms with Gasteiger partial charge in [0.1, 0.15) is 12.4 Å². The number of rotatable bonds is 4. The topological polar surface area (TPSA) is 44.5 Å². The summed E-state index contributed by atoms with van der Waals surface area (Å²) in [5.41, 5.74) is 6.57. The lowest BCUT2D eigenvalue weighted by molar-refractivity contribution is -0.0327. The molecule has 3 nitrogen and oxygen atoms in total. The highest BCUT2D eigenvalue weighted by Gasteiger charge is 2.32. The minimum Gasteiger partial charge on any atom is -0.489 e. The lowest BCUT2D eigenvalue weighted by Crippen LogP contribution is -2.24. The fourth-order valence-electron chi connectivity index (χ4n) is 2.25. The predicted octanol–water partition coefficient (Wildman–Crippen LogP) is 3.14. The highest BCUT2D eigenvalue weighted by Crippen LogP contribution is 2.32. The third-order valence-electron chi connectivity index (χ3n) is 3.24. The van der Waals surface area contributed by atoms with Gasteiger partial charge < -0.3 is 15.2 Å². The zero-order chi connectivity index (χ0) is 13.2. The lowest BCUT2D eigenvalue weighted by Gasteiger charge is -2.20. The summed E-state index contributed by atoms with van der Waals surface area (Å²) in [5.74, 6) is 0.690. The first-order valence-electron chi connectivity index (χ1n) is 6.30. The molecule has 1 aromatic rings. The Morgan fingerprint density at radius 2 is 2.28 bits per heavy atom. The molecule has 1 heterocycles. The molecule has 0 amide bonds. The van der Waals surface area contributed by atoms with Crippen LogP contribution in [0.25, 0.3) is 0 Å². The monoisotopic (exact) mass is 269 g/mol. The largest absolute Gasteiger partial charge is 0.489 e. The summed E-state index contributed by atoms with van der Waals surface area (Å²) in [4.78, 5) is 0. The van der Waals surface area contributed by atoms with Crippen molar-refractivity contribution in [1.82, 2.24) is 0 Å². The summed E-state index contributed by atoms with van der Waals surface area (Å²) in [7, 11) is 0. The highest BCUT2D eigenvalue weighted by molar-refractivity contribution is 6.32. The maximum absolute atomic E-state index is 6.13. The van der Waals surface area contributed by atoms with E-state index in [0.717, 1.165) is 18.4 Å². The fraction of sp³-hybridized carbons (Fsp3) is 0.571. The summed E-state index contributed by atoms with van der Waals surface area (Å²) in [6.45, 7) is 5.16. The minimum atomic E-state index is -0.0365. The van der Waals surface area contributed by atoms with Gasteiger partial charge in [0, 0.05) is 12.1 Å². The van der Waals surface area contributed by atoms with E-state index >= 15 is 0 Å². The number of hydrogen-bond acceptors (Lipinski definition) is 3. The molecular formula is C14H20ClNO2. The molecule has 0 aliphatic carbocycles. The molecule has 2 rings (SSSR count). The molecule has 0 spiro atoms.